The SMILES string of the molecule is CN1CCCC(COc2ccc(Nc3nc4nc(C#N)c(Sc5ccc(F)cc5Cl)cc4s3)cc2)C1. The number of hydrogen-bond donors (Lipinski definition) is 1. The molecule has 184 valence electrons. The zero-order valence-electron chi connectivity index (χ0n) is 19.5. The van der Waals surface area contributed by atoms with Crippen molar-refractivity contribution in [3.05, 3.63) is 65.1 Å². The highest BCUT2D eigenvalue weighted by molar-refractivity contribution is 7.99. The maximum Gasteiger partial charge on any atom is 0.189 e. The lowest BCUT2D eigenvalue weighted by molar-refractivity contribution is 0.150. The second kappa shape index (κ2) is 11.0. The fraction of sp³-hybridized carbons (Fsp3) is 0.269. The molecule has 0 bridgehead atoms. The fourth-order valence-corrected chi connectivity index (χ4v) is 6.24. The molecular formula is C26H23ClFN5OS2. The summed E-state index contributed by atoms with van der Waals surface area (Å²) in [6.07, 6.45) is 2.43. The van der Waals surface area contributed by atoms with Gasteiger partial charge >= 0.3 is 0 Å². The summed E-state index contributed by atoms with van der Waals surface area (Å²) in [4.78, 5) is 12.6. The molecule has 1 aliphatic heterocycles. The molecule has 1 aliphatic rings. The molecule has 1 atom stereocenters. The average molecular weight is 540 g/mol. The maximum atomic E-state index is 13.4. The van der Waals surface area contributed by atoms with Crippen LogP contribution in [0.25, 0.3) is 10.3 Å². The van der Waals surface area contributed by atoms with Gasteiger partial charge in [-0.3, -0.25) is 0 Å². The van der Waals surface area contributed by atoms with Gasteiger partial charge in [0.2, 0.25) is 0 Å². The van der Waals surface area contributed by atoms with Gasteiger partial charge in [0.15, 0.2) is 16.5 Å². The second-order valence-electron chi connectivity index (χ2n) is 8.70. The third kappa shape index (κ3) is 5.90. The smallest absolute Gasteiger partial charge is 0.189 e. The number of nitriles is 1. The van der Waals surface area contributed by atoms with E-state index in [0.717, 1.165) is 29.3 Å². The molecule has 10 heteroatoms. The van der Waals surface area contributed by atoms with Gasteiger partial charge in [-0.2, -0.15) is 10.2 Å². The highest BCUT2D eigenvalue weighted by Crippen LogP contribution is 2.38. The normalized spacial score (nSPS) is 16.1. The van der Waals surface area contributed by atoms with Gasteiger partial charge in [-0.15, -0.1) is 0 Å². The fourth-order valence-electron chi connectivity index (χ4n) is 4.12. The number of likely N-dealkylation sites (tertiary alicyclic amines) is 1. The Kier molecular flexibility index (Phi) is 7.58. The summed E-state index contributed by atoms with van der Waals surface area (Å²) < 4.78 is 20.2. The molecule has 0 amide bonds. The topological polar surface area (TPSA) is 74.1 Å². The first kappa shape index (κ1) is 24.8. The Balaban J connectivity index is 1.27. The van der Waals surface area contributed by atoms with Gasteiger partial charge in [-0.25, -0.2) is 9.37 Å². The minimum absolute atomic E-state index is 0.246. The molecule has 0 radical (unpaired) electrons. The van der Waals surface area contributed by atoms with Crippen molar-refractivity contribution in [2.75, 3.05) is 32.1 Å². The lowest BCUT2D eigenvalue weighted by Crippen LogP contribution is -2.34. The molecule has 4 aromatic rings. The number of halogens is 2. The van der Waals surface area contributed by atoms with Gasteiger partial charge < -0.3 is 15.0 Å². The number of nitrogens with one attached hydrogen (secondary N) is 1. The molecule has 2 aromatic heterocycles. The molecule has 6 nitrogen and oxygen atoms in total. The molecule has 2 aromatic carbocycles. The quantitative estimate of drug-likeness (QED) is 0.272. The first-order chi connectivity index (χ1) is 17.5. The Morgan fingerprint density at radius 3 is 2.81 bits per heavy atom. The van der Waals surface area contributed by atoms with Crippen LogP contribution >= 0.6 is 34.7 Å². The molecule has 1 N–H and O–H groups in total. The van der Waals surface area contributed by atoms with Crippen LogP contribution in [-0.2, 0) is 0 Å². The number of nitrogens with zero attached hydrogens (tertiary/aromatic N) is 4. The van der Waals surface area contributed by atoms with E-state index >= 15 is 0 Å². The van der Waals surface area contributed by atoms with E-state index in [4.69, 9.17) is 16.3 Å². The maximum absolute atomic E-state index is 13.4. The van der Waals surface area contributed by atoms with Gasteiger partial charge in [0.1, 0.15) is 17.6 Å². The van der Waals surface area contributed by atoms with Crippen molar-refractivity contribution >= 4 is 55.9 Å². The Hall–Kier alpha value is -2.90. The first-order valence-corrected chi connectivity index (χ1v) is 13.5. The summed E-state index contributed by atoms with van der Waals surface area (Å²) >= 11 is 8.89. The van der Waals surface area contributed by atoms with E-state index in [9.17, 15) is 9.65 Å². The van der Waals surface area contributed by atoms with Crippen molar-refractivity contribution in [3.63, 3.8) is 0 Å². The standard InChI is InChI=1S/C26H23ClFN5OS2/c1-33-10-2-3-16(14-33)15-34-19-7-5-18(6-8-19)30-26-32-25-24(36-26)12-23(21(13-29)31-25)35-22-9-4-17(28)11-20(22)27/h4-9,11-12,16H,2-3,10,14-15H2,1H3,(H,30,31,32). The number of pyridine rings is 1. The van der Waals surface area contributed by atoms with E-state index in [1.54, 1.807) is 6.07 Å². The summed E-state index contributed by atoms with van der Waals surface area (Å²) in [5, 5.41) is 13.9. The predicted octanol–water partition coefficient (Wildman–Crippen LogP) is 6.97. The number of aromatic nitrogens is 2. The molecule has 0 spiro atoms. The zero-order valence-corrected chi connectivity index (χ0v) is 21.9. The van der Waals surface area contributed by atoms with Crippen molar-refractivity contribution < 1.29 is 9.13 Å². The van der Waals surface area contributed by atoms with Crippen molar-refractivity contribution in [2.24, 2.45) is 5.92 Å². The molecule has 3 heterocycles. The Labute approximate surface area is 222 Å². The number of benzene rings is 2. The van der Waals surface area contributed by atoms with E-state index in [1.807, 2.05) is 30.3 Å². The molecule has 0 aliphatic carbocycles. The molecular weight excluding hydrogens is 517 g/mol. The van der Waals surface area contributed by atoms with Gasteiger partial charge in [-0.05, 0) is 75.0 Å². The van der Waals surface area contributed by atoms with Crippen LogP contribution in [0.5, 0.6) is 5.75 Å². The highest BCUT2D eigenvalue weighted by Gasteiger charge is 2.18. The summed E-state index contributed by atoms with van der Waals surface area (Å²) in [5.41, 5.74) is 1.62. The van der Waals surface area contributed by atoms with E-state index in [0.29, 0.717) is 26.5 Å². The summed E-state index contributed by atoms with van der Waals surface area (Å²) in [5.74, 6) is 1.00. The number of hydrogen-bond acceptors (Lipinski definition) is 8. The Morgan fingerprint density at radius 2 is 2.06 bits per heavy atom. The van der Waals surface area contributed by atoms with Crippen molar-refractivity contribution in [1.29, 1.82) is 5.26 Å². The lowest BCUT2D eigenvalue weighted by Gasteiger charge is -2.29. The van der Waals surface area contributed by atoms with Crippen LogP contribution in [0.1, 0.15) is 18.5 Å². The Bertz CT molecular complexity index is 1420. The largest absolute Gasteiger partial charge is 0.493 e. The molecule has 1 unspecified atom stereocenters. The van der Waals surface area contributed by atoms with Gasteiger partial charge in [0, 0.05) is 23.0 Å². The van der Waals surface area contributed by atoms with Crippen LogP contribution in [0.15, 0.2) is 58.3 Å². The predicted molar refractivity (Wildman–Crippen MR) is 143 cm³/mol. The Morgan fingerprint density at radius 1 is 1.22 bits per heavy atom. The summed E-state index contributed by atoms with van der Waals surface area (Å²) in [6, 6.07) is 16.0. The average Bonchev–Trinajstić information content (AvgIpc) is 3.26. The minimum atomic E-state index is -0.409. The van der Waals surface area contributed by atoms with E-state index in [1.165, 1.54) is 54.6 Å². The zero-order chi connectivity index (χ0) is 25.1. The van der Waals surface area contributed by atoms with Crippen molar-refractivity contribution in [2.45, 2.75) is 22.6 Å². The van der Waals surface area contributed by atoms with Gasteiger partial charge in [-0.1, -0.05) is 34.7 Å². The van der Waals surface area contributed by atoms with Crippen molar-refractivity contribution in [3.8, 4) is 11.8 Å². The van der Waals surface area contributed by atoms with Crippen LogP contribution in [0.3, 0.4) is 0 Å². The van der Waals surface area contributed by atoms with Crippen LogP contribution in [-0.4, -0.2) is 41.6 Å². The second-order valence-corrected chi connectivity index (χ2v) is 11.2. The van der Waals surface area contributed by atoms with Crippen LogP contribution in [0.4, 0.5) is 15.2 Å². The number of thiazole rings is 1. The molecule has 36 heavy (non-hydrogen) atoms. The number of ether oxygens (including phenoxy) is 1. The van der Waals surface area contributed by atoms with E-state index in [2.05, 4.69) is 33.3 Å². The molecule has 5 rings (SSSR count). The summed E-state index contributed by atoms with van der Waals surface area (Å²) in [6.45, 7) is 2.97. The number of fused-ring (bicyclic) bond motifs is 1. The molecule has 1 saturated heterocycles. The third-order valence-electron chi connectivity index (χ3n) is 5.88. The minimum Gasteiger partial charge on any atom is -0.493 e. The first-order valence-electron chi connectivity index (χ1n) is 11.5. The lowest BCUT2D eigenvalue weighted by atomic mass is 10.00. The van der Waals surface area contributed by atoms with Crippen LogP contribution < -0.4 is 10.1 Å². The van der Waals surface area contributed by atoms with Gasteiger partial charge in [0.05, 0.1) is 21.2 Å². The van der Waals surface area contributed by atoms with Crippen LogP contribution in [0.2, 0.25) is 5.02 Å². The number of anilines is 2. The van der Waals surface area contributed by atoms with Gasteiger partial charge in [0.25, 0.3) is 0 Å². The monoisotopic (exact) mass is 539 g/mol. The van der Waals surface area contributed by atoms with Crippen LogP contribution in [0, 0.1) is 23.1 Å². The third-order valence-corrected chi connectivity index (χ3v) is 8.32. The van der Waals surface area contributed by atoms with E-state index in [-0.39, 0.29) is 10.7 Å². The van der Waals surface area contributed by atoms with E-state index < -0.39 is 5.82 Å². The van der Waals surface area contributed by atoms with Crippen molar-refractivity contribution in [1.82, 2.24) is 14.9 Å². The molecule has 0 saturated carbocycles. The molecule has 1 fully saturated rings. The highest BCUT2D eigenvalue weighted by atomic mass is 35.5. The summed E-state index contributed by atoms with van der Waals surface area (Å²) in [7, 11) is 2.16. The number of piperidine rings is 1. The number of rotatable bonds is 7.